The zero-order valence-corrected chi connectivity index (χ0v) is 17.1. The second kappa shape index (κ2) is 8.81. The van der Waals surface area contributed by atoms with Gasteiger partial charge in [0, 0.05) is 30.2 Å². The van der Waals surface area contributed by atoms with E-state index in [4.69, 9.17) is 0 Å². The van der Waals surface area contributed by atoms with Crippen molar-refractivity contribution in [2.45, 2.75) is 33.6 Å². The summed E-state index contributed by atoms with van der Waals surface area (Å²) in [5.74, 6) is 0. The van der Waals surface area contributed by atoms with Crippen LogP contribution in [0.1, 0.15) is 48.2 Å². The molecule has 0 radical (unpaired) electrons. The minimum Gasteiger partial charge on any atom is -0.306 e. The van der Waals surface area contributed by atoms with Gasteiger partial charge in [-0.3, -0.25) is 4.98 Å². The van der Waals surface area contributed by atoms with Crippen molar-refractivity contribution >= 4 is 11.1 Å². The van der Waals surface area contributed by atoms with E-state index in [2.05, 4.69) is 53.2 Å². The van der Waals surface area contributed by atoms with E-state index >= 15 is 0 Å². The highest BCUT2D eigenvalue weighted by Gasteiger charge is 2.12. The van der Waals surface area contributed by atoms with Crippen molar-refractivity contribution in [1.29, 1.82) is 5.26 Å². The van der Waals surface area contributed by atoms with Crippen molar-refractivity contribution in [1.82, 2.24) is 19.5 Å². The molecule has 28 heavy (non-hydrogen) atoms. The summed E-state index contributed by atoms with van der Waals surface area (Å²) in [6, 6.07) is 8.36. The van der Waals surface area contributed by atoms with Gasteiger partial charge in [0.05, 0.1) is 17.3 Å². The van der Waals surface area contributed by atoms with E-state index in [1.807, 2.05) is 36.8 Å². The first kappa shape index (κ1) is 19.8. The van der Waals surface area contributed by atoms with Crippen LogP contribution < -0.4 is 0 Å². The normalized spacial score (nSPS) is 11.9. The molecule has 3 aromatic rings. The van der Waals surface area contributed by atoms with E-state index < -0.39 is 0 Å². The fourth-order valence-electron chi connectivity index (χ4n) is 3.54. The molecule has 0 atom stereocenters. The lowest BCUT2D eigenvalue weighted by atomic mass is 9.95. The molecule has 0 unspecified atom stereocenters. The molecule has 3 rings (SSSR count). The number of fused-ring (bicyclic) bond motifs is 1. The van der Waals surface area contributed by atoms with Crippen LogP contribution in [0.2, 0.25) is 0 Å². The highest BCUT2D eigenvalue weighted by molar-refractivity contribution is 5.82. The molecule has 3 aromatic heterocycles. The number of pyridine rings is 2. The second-order valence-electron chi connectivity index (χ2n) is 7.14. The Morgan fingerprint density at radius 2 is 2.11 bits per heavy atom. The molecule has 0 bridgehead atoms. The summed E-state index contributed by atoms with van der Waals surface area (Å²) in [6.45, 7) is 8.33. The molecule has 3 heterocycles. The Hall–Kier alpha value is -2.97. The Balaban J connectivity index is 1.97. The van der Waals surface area contributed by atoms with Gasteiger partial charge in [0.15, 0.2) is 0 Å². The Kier molecular flexibility index (Phi) is 6.23. The zero-order chi connectivity index (χ0) is 20.1. The van der Waals surface area contributed by atoms with Crippen molar-refractivity contribution in [2.24, 2.45) is 0 Å². The van der Waals surface area contributed by atoms with Gasteiger partial charge in [0.1, 0.15) is 6.07 Å². The predicted octanol–water partition coefficient (Wildman–Crippen LogP) is 4.25. The van der Waals surface area contributed by atoms with E-state index in [1.54, 1.807) is 6.20 Å². The predicted molar refractivity (Wildman–Crippen MR) is 113 cm³/mol. The molecule has 0 fully saturated rings. The minimum absolute atomic E-state index is 0.574. The molecule has 0 amide bonds. The van der Waals surface area contributed by atoms with Crippen LogP contribution in [0.4, 0.5) is 0 Å². The van der Waals surface area contributed by atoms with Crippen LogP contribution in [0.25, 0.3) is 11.1 Å². The van der Waals surface area contributed by atoms with Crippen molar-refractivity contribution in [3.05, 3.63) is 70.8 Å². The number of likely N-dealkylation sites (N-methyl/N-ethyl adjacent to an activating group) is 1. The van der Waals surface area contributed by atoms with E-state index in [1.165, 1.54) is 5.56 Å². The van der Waals surface area contributed by atoms with E-state index in [0.717, 1.165) is 53.8 Å². The zero-order valence-electron chi connectivity index (χ0n) is 17.1. The van der Waals surface area contributed by atoms with Gasteiger partial charge in [-0.2, -0.15) is 10.4 Å². The number of hydrogen-bond acceptors (Lipinski definition) is 4. The summed E-state index contributed by atoms with van der Waals surface area (Å²) < 4.78 is 1.93. The Morgan fingerprint density at radius 3 is 2.82 bits per heavy atom. The van der Waals surface area contributed by atoms with E-state index in [0.29, 0.717) is 5.56 Å². The molecule has 0 saturated carbocycles. The van der Waals surface area contributed by atoms with Gasteiger partial charge >= 0.3 is 0 Å². The Labute approximate surface area is 166 Å². The number of aromatic nitrogens is 3. The number of rotatable bonds is 7. The van der Waals surface area contributed by atoms with Crippen LogP contribution in [0.5, 0.6) is 0 Å². The van der Waals surface area contributed by atoms with Crippen molar-refractivity contribution in [3.63, 3.8) is 0 Å². The standard InChI is InChI=1S/C23H27N5/c1-5-9-27(4)10-7-20-16-26-28-11-8-19(13-23(20)28)21(6-2)22-12-18(14-24)15-25-17(22)3/h6,8,11-13,15-16H,5,7,9-10H2,1-4H3/b21-6-. The average Bonchev–Trinajstić information content (AvgIpc) is 3.11. The van der Waals surface area contributed by atoms with Gasteiger partial charge in [0.25, 0.3) is 0 Å². The lowest BCUT2D eigenvalue weighted by Gasteiger charge is -2.15. The highest BCUT2D eigenvalue weighted by atomic mass is 15.2. The molecule has 0 spiro atoms. The number of nitriles is 1. The maximum atomic E-state index is 9.24. The minimum atomic E-state index is 0.574. The van der Waals surface area contributed by atoms with Gasteiger partial charge in [-0.15, -0.1) is 0 Å². The van der Waals surface area contributed by atoms with Crippen LogP contribution in [-0.2, 0) is 6.42 Å². The molecule has 0 saturated heterocycles. The molecule has 5 heteroatoms. The SMILES string of the molecule is C/C=C(/c1ccn2ncc(CCN(C)CCC)c2c1)c1cc(C#N)cnc1C. The maximum absolute atomic E-state index is 9.24. The fourth-order valence-corrected chi connectivity index (χ4v) is 3.54. The summed E-state index contributed by atoms with van der Waals surface area (Å²) in [6.07, 6.45) is 9.81. The van der Waals surface area contributed by atoms with Crippen LogP contribution >= 0.6 is 0 Å². The Bertz CT molecular complexity index is 1040. The quantitative estimate of drug-likeness (QED) is 0.621. The number of nitrogens with zero attached hydrogens (tertiary/aromatic N) is 5. The third-order valence-corrected chi connectivity index (χ3v) is 5.08. The molecule has 0 N–H and O–H groups in total. The number of allylic oxidation sites excluding steroid dienone is 1. The fraction of sp³-hybridized carbons (Fsp3) is 0.348. The van der Waals surface area contributed by atoms with E-state index in [-0.39, 0.29) is 0 Å². The molecular formula is C23H27N5. The van der Waals surface area contributed by atoms with Crippen LogP contribution in [0.15, 0.2) is 42.9 Å². The van der Waals surface area contributed by atoms with E-state index in [9.17, 15) is 5.26 Å². The highest BCUT2D eigenvalue weighted by Crippen LogP contribution is 2.27. The third kappa shape index (κ3) is 4.13. The van der Waals surface area contributed by atoms with Crippen LogP contribution in [0.3, 0.4) is 0 Å². The maximum Gasteiger partial charge on any atom is 0.101 e. The lowest BCUT2D eigenvalue weighted by Crippen LogP contribution is -2.21. The van der Waals surface area contributed by atoms with Gasteiger partial charge in [-0.05, 0) is 75.2 Å². The number of hydrogen-bond donors (Lipinski definition) is 0. The van der Waals surface area contributed by atoms with Crippen molar-refractivity contribution < 1.29 is 0 Å². The molecule has 0 aliphatic heterocycles. The monoisotopic (exact) mass is 373 g/mol. The van der Waals surface area contributed by atoms with Crippen LogP contribution in [0, 0.1) is 18.3 Å². The van der Waals surface area contributed by atoms with Crippen LogP contribution in [-0.4, -0.2) is 39.6 Å². The molecule has 0 aliphatic rings. The van der Waals surface area contributed by atoms with Gasteiger partial charge in [0.2, 0.25) is 0 Å². The largest absolute Gasteiger partial charge is 0.306 e. The first-order chi connectivity index (χ1) is 13.6. The molecule has 0 aromatic carbocycles. The second-order valence-corrected chi connectivity index (χ2v) is 7.14. The first-order valence-corrected chi connectivity index (χ1v) is 9.76. The van der Waals surface area contributed by atoms with Gasteiger partial charge < -0.3 is 4.90 Å². The first-order valence-electron chi connectivity index (χ1n) is 9.76. The lowest BCUT2D eigenvalue weighted by molar-refractivity contribution is 0.339. The summed E-state index contributed by atoms with van der Waals surface area (Å²) in [4.78, 5) is 6.75. The number of aryl methyl sites for hydroxylation is 1. The average molecular weight is 374 g/mol. The summed E-state index contributed by atoms with van der Waals surface area (Å²) in [5, 5.41) is 13.8. The Morgan fingerprint density at radius 1 is 1.29 bits per heavy atom. The molecule has 144 valence electrons. The summed E-state index contributed by atoms with van der Waals surface area (Å²) >= 11 is 0. The van der Waals surface area contributed by atoms with Crippen molar-refractivity contribution in [3.8, 4) is 6.07 Å². The smallest absolute Gasteiger partial charge is 0.101 e. The summed E-state index contributed by atoms with van der Waals surface area (Å²) in [5.41, 5.74) is 7.06. The molecule has 0 aliphatic carbocycles. The topological polar surface area (TPSA) is 57.2 Å². The van der Waals surface area contributed by atoms with Gasteiger partial charge in [-0.25, -0.2) is 4.52 Å². The van der Waals surface area contributed by atoms with Gasteiger partial charge in [-0.1, -0.05) is 13.0 Å². The van der Waals surface area contributed by atoms with Crippen molar-refractivity contribution in [2.75, 3.05) is 20.1 Å². The third-order valence-electron chi connectivity index (χ3n) is 5.08. The molecule has 5 nitrogen and oxygen atoms in total. The molecular weight excluding hydrogens is 346 g/mol. The summed E-state index contributed by atoms with van der Waals surface area (Å²) in [7, 11) is 2.16.